The summed E-state index contributed by atoms with van der Waals surface area (Å²) in [6.07, 6.45) is -4.13. The number of amides is 1. The first-order valence-electron chi connectivity index (χ1n) is 8.35. The van der Waals surface area contributed by atoms with Gasteiger partial charge < -0.3 is 10.1 Å². The van der Waals surface area contributed by atoms with Crippen LogP contribution >= 0.6 is 11.6 Å². The molecule has 0 heterocycles. The molecule has 2 N–H and O–H groups in total. The van der Waals surface area contributed by atoms with Crippen molar-refractivity contribution in [2.75, 3.05) is 19.0 Å². The Morgan fingerprint density at radius 2 is 1.86 bits per heavy atom. The summed E-state index contributed by atoms with van der Waals surface area (Å²) in [7, 11) is -2.67. The molecule has 6 nitrogen and oxygen atoms in total. The van der Waals surface area contributed by atoms with E-state index in [1.54, 1.807) is 6.92 Å². The first-order chi connectivity index (χ1) is 13.5. The van der Waals surface area contributed by atoms with E-state index in [2.05, 4.69) is 10.0 Å². The molecule has 0 unspecified atom stereocenters. The molecule has 2 aromatic carbocycles. The monoisotopic (exact) mass is 450 g/mol. The lowest BCUT2D eigenvalue weighted by Gasteiger charge is -2.13. The van der Waals surface area contributed by atoms with Crippen LogP contribution in [0.1, 0.15) is 29.3 Å². The highest BCUT2D eigenvalue weighted by molar-refractivity contribution is 7.89. The van der Waals surface area contributed by atoms with Gasteiger partial charge in [-0.05, 0) is 42.8 Å². The van der Waals surface area contributed by atoms with Crippen molar-refractivity contribution >= 4 is 33.2 Å². The van der Waals surface area contributed by atoms with Gasteiger partial charge in [0.25, 0.3) is 5.91 Å². The van der Waals surface area contributed by atoms with Crippen LogP contribution < -0.4 is 14.8 Å². The van der Waals surface area contributed by atoms with Gasteiger partial charge in [-0.25, -0.2) is 13.1 Å². The molecular weight excluding hydrogens is 433 g/mol. The summed E-state index contributed by atoms with van der Waals surface area (Å²) in [6, 6.07) is 6.60. The lowest BCUT2D eigenvalue weighted by atomic mass is 10.1. The molecular formula is C18H18ClF3N2O4S. The van der Waals surface area contributed by atoms with E-state index in [-0.39, 0.29) is 28.4 Å². The molecule has 0 aliphatic carbocycles. The number of ether oxygens (including phenoxy) is 1. The number of sulfonamides is 1. The summed E-state index contributed by atoms with van der Waals surface area (Å²) in [4.78, 5) is 12.2. The molecule has 0 fully saturated rings. The van der Waals surface area contributed by atoms with Crippen molar-refractivity contribution < 1.29 is 31.1 Å². The van der Waals surface area contributed by atoms with Crippen LogP contribution in [0, 0.1) is 0 Å². The van der Waals surface area contributed by atoms with Crippen LogP contribution in [0.15, 0.2) is 41.3 Å². The Balaban J connectivity index is 2.36. The van der Waals surface area contributed by atoms with Gasteiger partial charge in [0.15, 0.2) is 0 Å². The lowest BCUT2D eigenvalue weighted by Crippen LogP contribution is -2.25. The topological polar surface area (TPSA) is 84.5 Å². The average molecular weight is 451 g/mol. The molecule has 2 rings (SSSR count). The summed E-state index contributed by atoms with van der Waals surface area (Å²) in [6.45, 7) is 1.97. The molecule has 0 spiro atoms. The van der Waals surface area contributed by atoms with Gasteiger partial charge in [-0.1, -0.05) is 18.5 Å². The number of alkyl halides is 3. The number of nitrogens with one attached hydrogen (secondary N) is 2. The van der Waals surface area contributed by atoms with E-state index in [4.69, 9.17) is 16.3 Å². The van der Waals surface area contributed by atoms with Crippen molar-refractivity contribution in [3.8, 4) is 5.75 Å². The first-order valence-corrected chi connectivity index (χ1v) is 10.2. The Morgan fingerprint density at radius 3 is 2.45 bits per heavy atom. The standard InChI is InChI=1S/C18H18ClF3N2O4S/c1-3-8-23-29(26,27)16-9-11(4-7-15(16)28-2)17(25)24-12-5-6-14(19)13(10-12)18(20,21)22/h4-7,9-10,23H,3,8H2,1-2H3,(H,24,25). The van der Waals surface area contributed by atoms with Crippen molar-refractivity contribution in [3.63, 3.8) is 0 Å². The van der Waals surface area contributed by atoms with Gasteiger partial charge in [0.1, 0.15) is 10.6 Å². The zero-order valence-electron chi connectivity index (χ0n) is 15.4. The van der Waals surface area contributed by atoms with Gasteiger partial charge >= 0.3 is 6.18 Å². The smallest absolute Gasteiger partial charge is 0.417 e. The van der Waals surface area contributed by atoms with Crippen LogP contribution in [0.25, 0.3) is 0 Å². The minimum absolute atomic E-state index is 0.0241. The Kier molecular flexibility index (Phi) is 7.15. The number of halogens is 4. The Bertz CT molecular complexity index is 1010. The van der Waals surface area contributed by atoms with Crippen LogP contribution in [0.4, 0.5) is 18.9 Å². The average Bonchev–Trinajstić information content (AvgIpc) is 2.66. The second-order valence-corrected chi connectivity index (χ2v) is 8.05. The second-order valence-electron chi connectivity index (χ2n) is 5.91. The number of rotatable bonds is 7. The minimum atomic E-state index is -4.69. The van der Waals surface area contributed by atoms with E-state index in [0.29, 0.717) is 12.5 Å². The molecule has 0 saturated carbocycles. The largest absolute Gasteiger partial charge is 0.495 e. The molecule has 0 aliphatic rings. The number of hydrogen-bond acceptors (Lipinski definition) is 4. The number of benzene rings is 2. The fourth-order valence-corrected chi connectivity index (χ4v) is 3.92. The fourth-order valence-electron chi connectivity index (χ4n) is 2.37. The maximum atomic E-state index is 13.0. The Morgan fingerprint density at radius 1 is 1.17 bits per heavy atom. The predicted molar refractivity (Wildman–Crippen MR) is 103 cm³/mol. The number of methoxy groups -OCH3 is 1. The molecule has 0 saturated heterocycles. The van der Waals surface area contributed by atoms with Gasteiger partial charge in [0, 0.05) is 17.8 Å². The molecule has 0 atom stereocenters. The maximum Gasteiger partial charge on any atom is 0.417 e. The normalized spacial score (nSPS) is 11.9. The van der Waals surface area contributed by atoms with Gasteiger partial charge in [0.05, 0.1) is 17.7 Å². The van der Waals surface area contributed by atoms with E-state index in [9.17, 15) is 26.4 Å². The van der Waals surface area contributed by atoms with E-state index in [0.717, 1.165) is 12.1 Å². The summed E-state index contributed by atoms with van der Waals surface area (Å²) >= 11 is 5.56. The van der Waals surface area contributed by atoms with Gasteiger partial charge in [-0.15, -0.1) is 0 Å². The van der Waals surface area contributed by atoms with Crippen molar-refractivity contribution in [2.24, 2.45) is 0 Å². The molecule has 158 valence electrons. The second kappa shape index (κ2) is 9.02. The van der Waals surface area contributed by atoms with Gasteiger partial charge in [-0.3, -0.25) is 4.79 Å². The third kappa shape index (κ3) is 5.62. The highest BCUT2D eigenvalue weighted by Gasteiger charge is 2.33. The summed E-state index contributed by atoms with van der Waals surface area (Å²) in [5, 5.41) is 1.80. The van der Waals surface area contributed by atoms with Crippen LogP contribution in [0.2, 0.25) is 5.02 Å². The van der Waals surface area contributed by atoms with Crippen molar-refractivity contribution in [1.82, 2.24) is 4.72 Å². The zero-order chi connectivity index (χ0) is 21.8. The van der Waals surface area contributed by atoms with E-state index in [1.165, 1.54) is 25.3 Å². The minimum Gasteiger partial charge on any atom is -0.495 e. The van der Waals surface area contributed by atoms with Crippen molar-refractivity contribution in [3.05, 3.63) is 52.5 Å². The fraction of sp³-hybridized carbons (Fsp3) is 0.278. The predicted octanol–water partition coefficient (Wildman–Crippen LogP) is 4.31. The number of carbonyl (C=O) groups is 1. The van der Waals surface area contributed by atoms with Crippen LogP contribution in [-0.4, -0.2) is 28.0 Å². The molecule has 2 aromatic rings. The number of anilines is 1. The molecule has 0 radical (unpaired) electrons. The summed E-state index contributed by atoms with van der Waals surface area (Å²) in [5.41, 5.74) is -1.32. The Hall–Kier alpha value is -2.30. The van der Waals surface area contributed by atoms with Gasteiger partial charge in [-0.2, -0.15) is 13.2 Å². The van der Waals surface area contributed by atoms with Crippen molar-refractivity contribution in [1.29, 1.82) is 0 Å². The highest BCUT2D eigenvalue weighted by Crippen LogP contribution is 2.36. The molecule has 0 aliphatic heterocycles. The molecule has 1 amide bonds. The van der Waals surface area contributed by atoms with E-state index >= 15 is 0 Å². The zero-order valence-corrected chi connectivity index (χ0v) is 17.0. The summed E-state index contributed by atoms with van der Waals surface area (Å²) in [5.74, 6) is -0.772. The van der Waals surface area contributed by atoms with E-state index < -0.39 is 32.7 Å². The van der Waals surface area contributed by atoms with Crippen LogP contribution in [0.5, 0.6) is 5.75 Å². The molecule has 11 heteroatoms. The third-order valence-electron chi connectivity index (χ3n) is 3.79. The number of hydrogen-bond donors (Lipinski definition) is 2. The van der Waals surface area contributed by atoms with Crippen LogP contribution in [0.3, 0.4) is 0 Å². The third-order valence-corrected chi connectivity index (χ3v) is 5.60. The van der Waals surface area contributed by atoms with Crippen molar-refractivity contribution in [2.45, 2.75) is 24.4 Å². The van der Waals surface area contributed by atoms with Crippen LogP contribution in [-0.2, 0) is 16.2 Å². The maximum absolute atomic E-state index is 13.0. The molecule has 29 heavy (non-hydrogen) atoms. The lowest BCUT2D eigenvalue weighted by molar-refractivity contribution is -0.137. The van der Waals surface area contributed by atoms with E-state index in [1.807, 2.05) is 0 Å². The highest BCUT2D eigenvalue weighted by atomic mass is 35.5. The quantitative estimate of drug-likeness (QED) is 0.658. The van der Waals surface area contributed by atoms with Gasteiger partial charge in [0.2, 0.25) is 10.0 Å². The summed E-state index contributed by atoms with van der Waals surface area (Å²) < 4.78 is 71.2. The molecule has 0 bridgehead atoms. The SMILES string of the molecule is CCCNS(=O)(=O)c1cc(C(=O)Nc2ccc(Cl)c(C(F)(F)F)c2)ccc1OC. The first kappa shape index (κ1) is 23.0. The Labute approximate surface area is 171 Å². The molecule has 0 aromatic heterocycles. The number of carbonyl (C=O) groups excluding carboxylic acids is 1.